The van der Waals surface area contributed by atoms with Crippen LogP contribution in [0.5, 0.6) is 0 Å². The van der Waals surface area contributed by atoms with Crippen molar-refractivity contribution in [3.05, 3.63) is 35.4 Å². The molecule has 0 saturated carbocycles. The summed E-state index contributed by atoms with van der Waals surface area (Å²) >= 11 is 0. The number of carbonyl (C=O) groups excluding carboxylic acids is 2. The van der Waals surface area contributed by atoms with Crippen LogP contribution in [0.4, 0.5) is 0 Å². The number of aliphatic hydroxyl groups excluding tert-OH is 2. The Morgan fingerprint density at radius 3 is 1.19 bits per heavy atom. The van der Waals surface area contributed by atoms with Crippen molar-refractivity contribution >= 4 is 23.8 Å². The normalized spacial score (nSPS) is 15.2. The van der Waals surface area contributed by atoms with Gasteiger partial charge in [-0.15, -0.1) is 0 Å². The number of aliphatic hydroxyl groups is 2. The van der Waals surface area contributed by atoms with Crippen LogP contribution in [0.1, 0.15) is 34.6 Å². The Bertz CT molecular complexity index is 625. The van der Waals surface area contributed by atoms with E-state index in [1.54, 1.807) is 0 Å². The highest BCUT2D eigenvalue weighted by molar-refractivity contribution is 6.00. The van der Waals surface area contributed by atoms with Gasteiger partial charge in [0, 0.05) is 11.1 Å². The van der Waals surface area contributed by atoms with Crippen molar-refractivity contribution < 1.29 is 39.6 Å². The van der Waals surface area contributed by atoms with Gasteiger partial charge in [-0.25, -0.2) is 9.59 Å². The van der Waals surface area contributed by atoms with Crippen molar-refractivity contribution in [1.82, 2.24) is 10.6 Å². The molecule has 0 aliphatic rings. The lowest BCUT2D eigenvalue weighted by Gasteiger charge is -2.18. The first-order valence-corrected chi connectivity index (χ1v) is 7.58. The largest absolute Gasteiger partial charge is 0.480 e. The number of carboxylic acids is 2. The maximum Gasteiger partial charge on any atom is 0.328 e. The van der Waals surface area contributed by atoms with Gasteiger partial charge in [0.25, 0.3) is 11.8 Å². The zero-order valence-corrected chi connectivity index (χ0v) is 14.0. The van der Waals surface area contributed by atoms with E-state index in [-0.39, 0.29) is 11.1 Å². The van der Waals surface area contributed by atoms with Crippen molar-refractivity contribution in [2.24, 2.45) is 0 Å². The minimum Gasteiger partial charge on any atom is -0.480 e. The van der Waals surface area contributed by atoms with Crippen LogP contribution >= 0.6 is 0 Å². The first kappa shape index (κ1) is 21.1. The zero-order valence-electron chi connectivity index (χ0n) is 14.0. The molecule has 10 nitrogen and oxygen atoms in total. The first-order valence-electron chi connectivity index (χ1n) is 7.58. The average molecular weight is 368 g/mol. The molecule has 6 N–H and O–H groups in total. The molecule has 0 fully saturated rings. The highest BCUT2D eigenvalue weighted by Gasteiger charge is 2.27. The van der Waals surface area contributed by atoms with Gasteiger partial charge in [-0.05, 0) is 38.1 Å². The molecule has 1 rings (SSSR count). The molecule has 26 heavy (non-hydrogen) atoms. The molecule has 1 aromatic rings. The number of carboxylic acid groups (broad SMARTS) is 2. The fourth-order valence-corrected chi connectivity index (χ4v) is 2.00. The molecule has 0 unspecified atom stereocenters. The second kappa shape index (κ2) is 8.92. The first-order chi connectivity index (χ1) is 12.0. The summed E-state index contributed by atoms with van der Waals surface area (Å²) in [5.74, 6) is -4.33. The van der Waals surface area contributed by atoms with Gasteiger partial charge in [-0.1, -0.05) is 0 Å². The van der Waals surface area contributed by atoms with E-state index in [0.717, 1.165) is 0 Å². The summed E-state index contributed by atoms with van der Waals surface area (Å²) < 4.78 is 0. The molecule has 0 aliphatic heterocycles. The monoisotopic (exact) mass is 368 g/mol. The van der Waals surface area contributed by atoms with E-state index in [2.05, 4.69) is 10.6 Å². The number of aliphatic carboxylic acids is 2. The van der Waals surface area contributed by atoms with E-state index in [4.69, 9.17) is 10.2 Å². The second-order valence-corrected chi connectivity index (χ2v) is 5.64. The summed E-state index contributed by atoms with van der Waals surface area (Å²) in [6.07, 6.45) is -2.62. The molecule has 10 heteroatoms. The van der Waals surface area contributed by atoms with E-state index in [9.17, 15) is 29.4 Å². The molecular weight excluding hydrogens is 348 g/mol. The Morgan fingerprint density at radius 2 is 1.00 bits per heavy atom. The summed E-state index contributed by atoms with van der Waals surface area (Å²) in [7, 11) is 0. The van der Waals surface area contributed by atoms with Crippen LogP contribution in [0.2, 0.25) is 0 Å². The lowest BCUT2D eigenvalue weighted by Crippen LogP contribution is -2.48. The topological polar surface area (TPSA) is 173 Å². The van der Waals surface area contributed by atoms with Crippen LogP contribution < -0.4 is 10.6 Å². The number of carbonyl (C=O) groups is 4. The summed E-state index contributed by atoms with van der Waals surface area (Å²) in [6, 6.07) is 1.97. The van der Waals surface area contributed by atoms with Crippen molar-refractivity contribution in [2.75, 3.05) is 0 Å². The Morgan fingerprint density at radius 1 is 0.731 bits per heavy atom. The maximum atomic E-state index is 12.0. The fraction of sp³-hybridized carbons (Fsp3) is 0.375. The van der Waals surface area contributed by atoms with Crippen molar-refractivity contribution in [1.29, 1.82) is 0 Å². The minimum absolute atomic E-state index is 0.0405. The third-order valence-corrected chi connectivity index (χ3v) is 3.48. The number of benzene rings is 1. The third kappa shape index (κ3) is 5.53. The van der Waals surface area contributed by atoms with Crippen LogP contribution in [0, 0.1) is 0 Å². The summed E-state index contributed by atoms with van der Waals surface area (Å²) in [4.78, 5) is 45.9. The molecule has 1 aromatic carbocycles. The fourth-order valence-electron chi connectivity index (χ4n) is 2.00. The molecule has 0 radical (unpaired) electrons. The van der Waals surface area contributed by atoms with Gasteiger partial charge in [0.05, 0.1) is 12.2 Å². The highest BCUT2D eigenvalue weighted by atomic mass is 16.4. The van der Waals surface area contributed by atoms with E-state index in [1.165, 1.54) is 38.1 Å². The molecule has 0 aliphatic carbocycles. The van der Waals surface area contributed by atoms with Crippen LogP contribution in [-0.4, -0.2) is 68.5 Å². The SMILES string of the molecule is C[C@H](O)[C@H](NC(=O)c1ccc(C(=O)N[C@@H](C(=O)O)[C@@H](C)O)cc1)C(=O)O. The van der Waals surface area contributed by atoms with E-state index < -0.39 is 48.0 Å². The van der Waals surface area contributed by atoms with Crippen molar-refractivity contribution in [3.63, 3.8) is 0 Å². The van der Waals surface area contributed by atoms with E-state index >= 15 is 0 Å². The summed E-state index contributed by atoms with van der Waals surface area (Å²) in [5.41, 5.74) is 0.0810. The molecular formula is C16H20N2O8. The number of hydrogen-bond donors (Lipinski definition) is 6. The number of amides is 2. The molecule has 0 aromatic heterocycles. The maximum absolute atomic E-state index is 12.0. The Kier molecular flexibility index (Phi) is 7.23. The third-order valence-electron chi connectivity index (χ3n) is 3.48. The summed E-state index contributed by atoms with van der Waals surface area (Å²) in [6.45, 7) is 2.43. The van der Waals surface area contributed by atoms with Gasteiger partial charge in [-0.2, -0.15) is 0 Å². The van der Waals surface area contributed by atoms with Crippen LogP contribution in [0.3, 0.4) is 0 Å². The van der Waals surface area contributed by atoms with Gasteiger partial charge >= 0.3 is 11.9 Å². The van der Waals surface area contributed by atoms with Gasteiger partial charge in [0.2, 0.25) is 0 Å². The van der Waals surface area contributed by atoms with E-state index in [0.29, 0.717) is 0 Å². The minimum atomic E-state index is -1.49. The van der Waals surface area contributed by atoms with Gasteiger partial charge < -0.3 is 31.1 Å². The van der Waals surface area contributed by atoms with Crippen LogP contribution in [0.25, 0.3) is 0 Å². The van der Waals surface area contributed by atoms with Gasteiger partial charge in [-0.3, -0.25) is 9.59 Å². The van der Waals surface area contributed by atoms with Crippen LogP contribution in [-0.2, 0) is 9.59 Å². The number of hydrogen-bond acceptors (Lipinski definition) is 6. The Hall–Kier alpha value is -2.98. The molecule has 0 bridgehead atoms. The molecule has 0 heterocycles. The average Bonchev–Trinajstić information content (AvgIpc) is 2.55. The molecule has 2 amide bonds. The predicted molar refractivity (Wildman–Crippen MR) is 87.6 cm³/mol. The predicted octanol–water partition coefficient (Wildman–Crippen LogP) is -1.19. The van der Waals surface area contributed by atoms with Gasteiger partial charge in [0.1, 0.15) is 0 Å². The van der Waals surface area contributed by atoms with E-state index in [1.807, 2.05) is 0 Å². The smallest absolute Gasteiger partial charge is 0.328 e. The lowest BCUT2D eigenvalue weighted by molar-refractivity contribution is -0.142. The Labute approximate surface area is 148 Å². The van der Waals surface area contributed by atoms with Crippen LogP contribution in [0.15, 0.2) is 24.3 Å². The van der Waals surface area contributed by atoms with Crippen molar-refractivity contribution in [3.8, 4) is 0 Å². The highest BCUT2D eigenvalue weighted by Crippen LogP contribution is 2.07. The molecule has 142 valence electrons. The second-order valence-electron chi connectivity index (χ2n) is 5.64. The summed E-state index contributed by atoms with van der Waals surface area (Å²) in [5, 5.41) is 40.9. The van der Waals surface area contributed by atoms with Gasteiger partial charge in [0.15, 0.2) is 12.1 Å². The number of nitrogens with one attached hydrogen (secondary N) is 2. The molecule has 0 spiro atoms. The quantitative estimate of drug-likeness (QED) is 0.332. The number of rotatable bonds is 8. The Balaban J connectivity index is 2.84. The lowest BCUT2D eigenvalue weighted by atomic mass is 10.1. The molecule has 0 saturated heterocycles. The molecule has 4 atom stereocenters. The van der Waals surface area contributed by atoms with Crippen molar-refractivity contribution in [2.45, 2.75) is 38.1 Å². The standard InChI is InChI=1S/C16H20N2O8/c1-7(19)11(15(23)24)17-13(21)9-3-5-10(6-4-9)14(22)18-12(8(2)20)16(25)26/h3-8,11-12,19-20H,1-2H3,(H,17,21)(H,18,22)(H,23,24)(H,25,26)/t7-,8+,11-,12+. The zero-order chi connectivity index (χ0) is 20.0.